The molecule has 2 rings (SSSR count). The molecular formula is C20H27N2O3S+. The zero-order valence-electron chi connectivity index (χ0n) is 15.5. The van der Waals surface area contributed by atoms with Gasteiger partial charge in [0.2, 0.25) is 5.91 Å². The molecule has 1 amide bonds. The highest BCUT2D eigenvalue weighted by Gasteiger charge is 2.20. The molecule has 5 nitrogen and oxygen atoms in total. The first kappa shape index (κ1) is 20.1. The average molecular weight is 376 g/mol. The number of nitrogens with one attached hydrogen (secondary N) is 2. The number of quaternary nitrogens is 1. The Morgan fingerprint density at radius 3 is 2.23 bits per heavy atom. The van der Waals surface area contributed by atoms with Gasteiger partial charge in [-0.25, -0.2) is 8.42 Å². The second-order valence-electron chi connectivity index (χ2n) is 6.73. The molecule has 0 aliphatic carbocycles. The highest BCUT2D eigenvalue weighted by Crippen LogP contribution is 2.13. The molecule has 0 saturated heterocycles. The van der Waals surface area contributed by atoms with Crippen molar-refractivity contribution in [2.45, 2.75) is 24.3 Å². The van der Waals surface area contributed by atoms with Crippen molar-refractivity contribution in [2.75, 3.05) is 26.4 Å². The van der Waals surface area contributed by atoms with Crippen LogP contribution in [0.1, 0.15) is 23.6 Å². The Hall–Kier alpha value is -2.18. The average Bonchev–Trinajstić information content (AvgIpc) is 2.61. The second-order valence-corrected chi connectivity index (χ2v) is 8.84. The summed E-state index contributed by atoms with van der Waals surface area (Å²) in [6.07, 6.45) is -0.0412. The second kappa shape index (κ2) is 8.96. The van der Waals surface area contributed by atoms with Gasteiger partial charge in [-0.3, -0.25) is 4.79 Å². The van der Waals surface area contributed by atoms with E-state index in [1.807, 2.05) is 51.4 Å². The Balaban J connectivity index is 1.91. The topological polar surface area (TPSA) is 67.7 Å². The van der Waals surface area contributed by atoms with Gasteiger partial charge in [-0.15, -0.1) is 0 Å². The molecule has 2 aromatic rings. The Kier molecular flexibility index (Phi) is 6.94. The van der Waals surface area contributed by atoms with Gasteiger partial charge in [0.25, 0.3) is 0 Å². The van der Waals surface area contributed by atoms with Crippen molar-refractivity contribution in [1.82, 2.24) is 5.32 Å². The lowest BCUT2D eigenvalue weighted by Gasteiger charge is -2.22. The lowest BCUT2D eigenvalue weighted by molar-refractivity contribution is -0.890. The number of carbonyl (C=O) groups excluding carboxylic acids is 1. The van der Waals surface area contributed by atoms with Gasteiger partial charge in [0, 0.05) is 12.0 Å². The molecule has 0 aliphatic rings. The first-order valence-electron chi connectivity index (χ1n) is 8.71. The van der Waals surface area contributed by atoms with Crippen molar-refractivity contribution in [1.29, 1.82) is 0 Å². The van der Waals surface area contributed by atoms with E-state index in [9.17, 15) is 13.2 Å². The van der Waals surface area contributed by atoms with Gasteiger partial charge in [0.05, 0.1) is 31.3 Å². The Bertz CT molecular complexity index is 816. The number of rotatable bonds is 8. The fourth-order valence-corrected chi connectivity index (χ4v) is 3.98. The molecule has 2 N–H and O–H groups in total. The van der Waals surface area contributed by atoms with Gasteiger partial charge < -0.3 is 10.2 Å². The van der Waals surface area contributed by atoms with E-state index in [-0.39, 0.29) is 29.0 Å². The van der Waals surface area contributed by atoms with E-state index in [0.717, 1.165) is 11.1 Å². The molecule has 140 valence electrons. The van der Waals surface area contributed by atoms with Crippen LogP contribution in [-0.2, 0) is 14.6 Å². The van der Waals surface area contributed by atoms with Crippen LogP contribution < -0.4 is 10.2 Å². The quantitative estimate of drug-likeness (QED) is 0.728. The predicted molar refractivity (Wildman–Crippen MR) is 103 cm³/mol. The van der Waals surface area contributed by atoms with Crippen LogP contribution in [0.4, 0.5) is 0 Å². The van der Waals surface area contributed by atoms with Crippen LogP contribution in [0, 0.1) is 6.92 Å². The van der Waals surface area contributed by atoms with Crippen molar-refractivity contribution in [3.8, 4) is 0 Å². The van der Waals surface area contributed by atoms with Gasteiger partial charge in [-0.1, -0.05) is 48.0 Å². The Morgan fingerprint density at radius 1 is 1.04 bits per heavy atom. The minimum Gasteiger partial charge on any atom is -0.350 e. The van der Waals surface area contributed by atoms with Gasteiger partial charge in [0.1, 0.15) is 6.04 Å². The molecule has 0 unspecified atom stereocenters. The third-order valence-corrected chi connectivity index (χ3v) is 6.11. The Labute approximate surface area is 156 Å². The van der Waals surface area contributed by atoms with Crippen molar-refractivity contribution < 1.29 is 18.1 Å². The zero-order valence-corrected chi connectivity index (χ0v) is 16.3. The van der Waals surface area contributed by atoms with Crippen LogP contribution in [0.15, 0.2) is 59.5 Å². The molecule has 26 heavy (non-hydrogen) atoms. The fourth-order valence-electron chi connectivity index (χ4n) is 2.74. The maximum absolute atomic E-state index is 12.3. The van der Waals surface area contributed by atoms with Crippen molar-refractivity contribution in [3.05, 3.63) is 65.7 Å². The number of likely N-dealkylation sites (N-methyl/N-ethyl adjacent to an activating group) is 1. The summed E-state index contributed by atoms with van der Waals surface area (Å²) in [5.74, 6) is -0.435. The first-order valence-corrected chi connectivity index (χ1v) is 10.4. The van der Waals surface area contributed by atoms with Crippen LogP contribution in [0.5, 0.6) is 0 Å². The van der Waals surface area contributed by atoms with Crippen molar-refractivity contribution in [2.24, 2.45) is 0 Å². The summed E-state index contributed by atoms with van der Waals surface area (Å²) < 4.78 is 24.7. The van der Waals surface area contributed by atoms with Crippen LogP contribution in [-0.4, -0.2) is 40.7 Å². The highest BCUT2D eigenvalue weighted by molar-refractivity contribution is 7.91. The maximum Gasteiger partial charge on any atom is 0.221 e. The van der Waals surface area contributed by atoms with Crippen LogP contribution in [0.2, 0.25) is 0 Å². The molecule has 0 fully saturated rings. The largest absolute Gasteiger partial charge is 0.350 e. The summed E-state index contributed by atoms with van der Waals surface area (Å²) in [7, 11) is 0.622. The fraction of sp³-hybridized carbons (Fsp3) is 0.350. The van der Waals surface area contributed by atoms with E-state index in [1.165, 1.54) is 4.90 Å². The maximum atomic E-state index is 12.3. The molecule has 6 heteroatoms. The number of carbonyl (C=O) groups is 1. The minimum absolute atomic E-state index is 0.0412. The number of amides is 1. The number of aryl methyl sites for hydroxylation is 1. The third-order valence-electron chi connectivity index (χ3n) is 4.38. The van der Waals surface area contributed by atoms with Crippen LogP contribution >= 0.6 is 0 Å². The standard InChI is InChI=1S/C20H26N2O3S/c1-16-9-11-18(12-10-16)26(24,25)14-13-20(23)21-15-19(22(2)3)17-7-5-4-6-8-17/h4-12,19H,13-15H2,1-3H3,(H,21,23)/p+1/t19-/m0/s1. The highest BCUT2D eigenvalue weighted by atomic mass is 32.2. The predicted octanol–water partition coefficient (Wildman–Crippen LogP) is 1.16. The van der Waals surface area contributed by atoms with Crippen molar-refractivity contribution >= 4 is 15.7 Å². The summed E-state index contributed by atoms with van der Waals surface area (Å²) in [4.78, 5) is 13.6. The van der Waals surface area contributed by atoms with E-state index in [4.69, 9.17) is 0 Å². The monoisotopic (exact) mass is 375 g/mol. The van der Waals surface area contributed by atoms with E-state index in [0.29, 0.717) is 6.54 Å². The molecule has 0 saturated carbocycles. The lowest BCUT2D eigenvalue weighted by Crippen LogP contribution is -3.07. The molecular weight excluding hydrogens is 348 g/mol. The van der Waals surface area contributed by atoms with E-state index < -0.39 is 9.84 Å². The number of hydrogen-bond donors (Lipinski definition) is 2. The van der Waals surface area contributed by atoms with E-state index in [1.54, 1.807) is 24.3 Å². The van der Waals surface area contributed by atoms with Crippen LogP contribution in [0.25, 0.3) is 0 Å². The zero-order chi connectivity index (χ0) is 19.2. The summed E-state index contributed by atoms with van der Waals surface area (Å²) in [5, 5.41) is 2.87. The van der Waals surface area contributed by atoms with Gasteiger partial charge in [-0.2, -0.15) is 0 Å². The SMILES string of the molecule is Cc1ccc(S(=O)(=O)CCC(=O)NC[C@@H](c2ccccc2)[NH+](C)C)cc1. The Morgan fingerprint density at radius 2 is 1.65 bits per heavy atom. The number of hydrogen-bond acceptors (Lipinski definition) is 3. The van der Waals surface area contributed by atoms with Gasteiger partial charge in [0.15, 0.2) is 9.84 Å². The summed E-state index contributed by atoms with van der Waals surface area (Å²) in [6.45, 7) is 2.37. The van der Waals surface area contributed by atoms with E-state index in [2.05, 4.69) is 5.32 Å². The van der Waals surface area contributed by atoms with E-state index >= 15 is 0 Å². The summed E-state index contributed by atoms with van der Waals surface area (Å²) in [6, 6.07) is 16.8. The molecule has 0 heterocycles. The molecule has 1 atom stereocenters. The molecule has 2 aromatic carbocycles. The molecule has 0 aromatic heterocycles. The van der Waals surface area contributed by atoms with Gasteiger partial charge >= 0.3 is 0 Å². The van der Waals surface area contributed by atoms with Crippen molar-refractivity contribution in [3.63, 3.8) is 0 Å². The normalized spacial score (nSPS) is 12.8. The number of sulfone groups is 1. The van der Waals surface area contributed by atoms with Gasteiger partial charge in [-0.05, 0) is 19.1 Å². The first-order chi connectivity index (χ1) is 12.3. The summed E-state index contributed by atoms with van der Waals surface area (Å²) in [5.41, 5.74) is 2.14. The third kappa shape index (κ3) is 5.68. The minimum atomic E-state index is -3.45. The van der Waals surface area contributed by atoms with Crippen LogP contribution in [0.3, 0.4) is 0 Å². The lowest BCUT2D eigenvalue weighted by atomic mass is 10.1. The molecule has 0 spiro atoms. The smallest absolute Gasteiger partial charge is 0.221 e. The number of benzene rings is 2. The molecule has 0 bridgehead atoms. The molecule has 0 radical (unpaired) electrons. The summed E-state index contributed by atoms with van der Waals surface area (Å²) >= 11 is 0. The molecule has 0 aliphatic heterocycles.